The van der Waals surface area contributed by atoms with Crippen molar-refractivity contribution in [3.8, 4) is 0 Å². The summed E-state index contributed by atoms with van der Waals surface area (Å²) in [5, 5.41) is 3.51. The average molecular weight is 157 g/mol. The summed E-state index contributed by atoms with van der Waals surface area (Å²) in [6.45, 7) is 7.38. The van der Waals surface area contributed by atoms with E-state index in [1.54, 1.807) is 0 Å². The fourth-order valence-electron chi connectivity index (χ4n) is 1.73. The Morgan fingerprint density at radius 2 is 2.27 bits per heavy atom. The Kier molecular flexibility index (Phi) is 3.87. The lowest BCUT2D eigenvalue weighted by Crippen LogP contribution is -2.42. The maximum atomic E-state index is 5.41. The number of hydrogen-bond acceptors (Lipinski definition) is 2. The molecule has 0 aromatic heterocycles. The zero-order valence-electron chi connectivity index (χ0n) is 7.60. The minimum absolute atomic E-state index is 0.707. The van der Waals surface area contributed by atoms with Crippen molar-refractivity contribution in [1.29, 1.82) is 0 Å². The van der Waals surface area contributed by atoms with Crippen molar-refractivity contribution in [2.24, 2.45) is 5.92 Å². The zero-order valence-corrected chi connectivity index (χ0v) is 7.60. The van der Waals surface area contributed by atoms with Gasteiger partial charge in [0.15, 0.2) is 0 Å². The molecule has 2 nitrogen and oxygen atoms in total. The van der Waals surface area contributed by atoms with Gasteiger partial charge < -0.3 is 10.1 Å². The first-order valence-electron chi connectivity index (χ1n) is 4.69. The quantitative estimate of drug-likeness (QED) is 0.669. The van der Waals surface area contributed by atoms with E-state index in [2.05, 4.69) is 19.2 Å². The van der Waals surface area contributed by atoms with E-state index in [4.69, 9.17) is 4.74 Å². The third-order valence-electron chi connectivity index (χ3n) is 2.46. The maximum Gasteiger partial charge on any atom is 0.0509 e. The van der Waals surface area contributed by atoms with E-state index in [0.29, 0.717) is 6.04 Å². The fraction of sp³-hybridized carbons (Fsp3) is 1.00. The van der Waals surface area contributed by atoms with Gasteiger partial charge in [0.05, 0.1) is 6.61 Å². The summed E-state index contributed by atoms with van der Waals surface area (Å²) in [5.74, 6) is 0.740. The smallest absolute Gasteiger partial charge is 0.0509 e. The third-order valence-corrected chi connectivity index (χ3v) is 2.46. The molecule has 2 atom stereocenters. The zero-order chi connectivity index (χ0) is 8.10. The van der Waals surface area contributed by atoms with Gasteiger partial charge in [-0.2, -0.15) is 0 Å². The molecule has 1 saturated heterocycles. The van der Waals surface area contributed by atoms with Crippen molar-refractivity contribution < 1.29 is 4.74 Å². The molecule has 1 aliphatic heterocycles. The van der Waals surface area contributed by atoms with Gasteiger partial charge in [-0.05, 0) is 25.3 Å². The average Bonchev–Trinajstić information content (AvgIpc) is 2.06. The minimum Gasteiger partial charge on any atom is -0.381 e. The monoisotopic (exact) mass is 157 g/mol. The molecule has 2 unspecified atom stereocenters. The Morgan fingerprint density at radius 3 is 2.91 bits per heavy atom. The van der Waals surface area contributed by atoms with Gasteiger partial charge in [0.2, 0.25) is 0 Å². The van der Waals surface area contributed by atoms with Gasteiger partial charge in [0.25, 0.3) is 0 Å². The van der Waals surface area contributed by atoms with Crippen LogP contribution in [-0.4, -0.2) is 25.8 Å². The summed E-state index contributed by atoms with van der Waals surface area (Å²) >= 11 is 0. The minimum atomic E-state index is 0.707. The normalized spacial score (nSPS) is 32.2. The molecular weight excluding hydrogens is 138 g/mol. The summed E-state index contributed by atoms with van der Waals surface area (Å²) in [5.41, 5.74) is 0. The molecule has 0 amide bonds. The molecule has 0 aliphatic carbocycles. The lowest BCUT2D eigenvalue weighted by Gasteiger charge is -2.31. The molecule has 1 aliphatic rings. The molecule has 66 valence electrons. The second kappa shape index (κ2) is 4.73. The molecule has 0 spiro atoms. The molecule has 0 aromatic carbocycles. The number of hydrogen-bond donors (Lipinski definition) is 1. The highest BCUT2D eigenvalue weighted by molar-refractivity contribution is 4.77. The number of rotatable bonds is 3. The Labute approximate surface area is 69.3 Å². The van der Waals surface area contributed by atoms with Gasteiger partial charge in [-0.3, -0.25) is 0 Å². The van der Waals surface area contributed by atoms with Crippen molar-refractivity contribution in [1.82, 2.24) is 5.32 Å². The molecule has 0 radical (unpaired) electrons. The van der Waals surface area contributed by atoms with E-state index in [-0.39, 0.29) is 0 Å². The number of ether oxygens (including phenoxy) is 1. The summed E-state index contributed by atoms with van der Waals surface area (Å²) in [7, 11) is 0. The van der Waals surface area contributed by atoms with E-state index in [0.717, 1.165) is 25.7 Å². The van der Waals surface area contributed by atoms with E-state index in [9.17, 15) is 0 Å². The fourth-order valence-corrected chi connectivity index (χ4v) is 1.73. The highest BCUT2D eigenvalue weighted by Gasteiger charge is 2.22. The van der Waals surface area contributed by atoms with Gasteiger partial charge in [-0.15, -0.1) is 0 Å². The Hall–Kier alpha value is -0.0800. The van der Waals surface area contributed by atoms with Gasteiger partial charge >= 0.3 is 0 Å². The third kappa shape index (κ3) is 2.46. The maximum absolute atomic E-state index is 5.41. The standard InChI is InChI=1S/C9H19NO/c1-3-8-7-11-6-5-9(8)10-4-2/h8-10H,3-7H2,1-2H3. The van der Waals surface area contributed by atoms with Crippen LogP contribution in [0.25, 0.3) is 0 Å². The van der Waals surface area contributed by atoms with Gasteiger partial charge in [0, 0.05) is 12.6 Å². The first-order valence-corrected chi connectivity index (χ1v) is 4.69. The lowest BCUT2D eigenvalue weighted by molar-refractivity contribution is 0.0311. The van der Waals surface area contributed by atoms with Crippen LogP contribution in [0.4, 0.5) is 0 Å². The molecule has 0 bridgehead atoms. The van der Waals surface area contributed by atoms with Crippen LogP contribution >= 0.6 is 0 Å². The largest absolute Gasteiger partial charge is 0.381 e. The summed E-state index contributed by atoms with van der Waals surface area (Å²) < 4.78 is 5.41. The summed E-state index contributed by atoms with van der Waals surface area (Å²) in [6.07, 6.45) is 2.42. The van der Waals surface area contributed by atoms with Crippen molar-refractivity contribution in [3.63, 3.8) is 0 Å². The lowest BCUT2D eigenvalue weighted by atomic mass is 9.93. The molecule has 0 aromatic rings. The van der Waals surface area contributed by atoms with E-state index in [1.807, 2.05) is 0 Å². The van der Waals surface area contributed by atoms with E-state index in [1.165, 1.54) is 12.8 Å². The van der Waals surface area contributed by atoms with Crippen LogP contribution in [0.15, 0.2) is 0 Å². The number of nitrogens with one attached hydrogen (secondary N) is 1. The van der Waals surface area contributed by atoms with Crippen molar-refractivity contribution in [3.05, 3.63) is 0 Å². The van der Waals surface area contributed by atoms with Crippen LogP contribution in [0.3, 0.4) is 0 Å². The van der Waals surface area contributed by atoms with E-state index >= 15 is 0 Å². The van der Waals surface area contributed by atoms with Gasteiger partial charge in [-0.1, -0.05) is 13.8 Å². The Bertz CT molecular complexity index is 104. The predicted molar refractivity (Wildman–Crippen MR) is 46.7 cm³/mol. The summed E-state index contributed by atoms with van der Waals surface area (Å²) in [4.78, 5) is 0. The van der Waals surface area contributed by atoms with Crippen LogP contribution in [0.1, 0.15) is 26.7 Å². The topological polar surface area (TPSA) is 21.3 Å². The van der Waals surface area contributed by atoms with Gasteiger partial charge in [0.1, 0.15) is 0 Å². The highest BCUT2D eigenvalue weighted by Crippen LogP contribution is 2.17. The first-order chi connectivity index (χ1) is 5.38. The SMILES string of the molecule is CCNC1CCOCC1CC. The molecule has 0 saturated carbocycles. The van der Waals surface area contributed by atoms with Crippen LogP contribution in [0, 0.1) is 5.92 Å². The molecule has 1 N–H and O–H groups in total. The van der Waals surface area contributed by atoms with Crippen molar-refractivity contribution >= 4 is 0 Å². The first kappa shape index (κ1) is 9.01. The van der Waals surface area contributed by atoms with Gasteiger partial charge in [-0.25, -0.2) is 0 Å². The highest BCUT2D eigenvalue weighted by atomic mass is 16.5. The molecule has 1 fully saturated rings. The predicted octanol–water partition coefficient (Wildman–Crippen LogP) is 1.41. The Morgan fingerprint density at radius 1 is 1.45 bits per heavy atom. The molecule has 11 heavy (non-hydrogen) atoms. The van der Waals surface area contributed by atoms with Crippen molar-refractivity contribution in [2.75, 3.05) is 19.8 Å². The molecule has 2 heteroatoms. The molecular formula is C9H19NO. The van der Waals surface area contributed by atoms with Crippen LogP contribution < -0.4 is 5.32 Å². The molecule has 1 heterocycles. The second-order valence-corrected chi connectivity index (χ2v) is 3.20. The second-order valence-electron chi connectivity index (χ2n) is 3.20. The van der Waals surface area contributed by atoms with Crippen LogP contribution in [0.5, 0.6) is 0 Å². The van der Waals surface area contributed by atoms with Crippen LogP contribution in [0.2, 0.25) is 0 Å². The van der Waals surface area contributed by atoms with E-state index < -0.39 is 0 Å². The van der Waals surface area contributed by atoms with Crippen LogP contribution in [-0.2, 0) is 4.74 Å². The Balaban J connectivity index is 2.31. The summed E-state index contributed by atoms with van der Waals surface area (Å²) in [6, 6.07) is 0.707. The van der Waals surface area contributed by atoms with Crippen molar-refractivity contribution in [2.45, 2.75) is 32.7 Å². The molecule has 1 rings (SSSR count).